The molecule has 0 aliphatic carbocycles. The van der Waals surface area contributed by atoms with Crippen LogP contribution in [0, 0.1) is 0 Å². The second-order valence-electron chi connectivity index (χ2n) is 13.0. The Morgan fingerprint density at radius 1 is 0.667 bits per heavy atom. The van der Waals surface area contributed by atoms with E-state index < -0.39 is 0 Å². The van der Waals surface area contributed by atoms with Crippen LogP contribution in [-0.2, 0) is 6.54 Å². The largest absolute Gasteiger partial charge is 0.391 e. The molecule has 0 heterocycles. The highest BCUT2D eigenvalue weighted by atomic mass is 16.3. The molecule has 0 aliphatic heterocycles. The molecule has 2 N–H and O–H groups in total. The minimum atomic E-state index is -0.185. The lowest BCUT2D eigenvalue weighted by atomic mass is 10.2. The van der Waals surface area contributed by atoms with Gasteiger partial charge in [-0.2, -0.15) is 0 Å². The summed E-state index contributed by atoms with van der Waals surface area (Å²) < 4.78 is 3.76. The summed E-state index contributed by atoms with van der Waals surface area (Å²) in [5.74, 6) is 0. The van der Waals surface area contributed by atoms with E-state index in [4.69, 9.17) is 10.2 Å². The van der Waals surface area contributed by atoms with Gasteiger partial charge in [0.2, 0.25) is 0 Å². The molecule has 1 aromatic rings. The van der Waals surface area contributed by atoms with Gasteiger partial charge in [-0.25, -0.2) is 0 Å². The Hall–Kier alpha value is -1.02. The second kappa shape index (κ2) is 17.4. The molecule has 0 spiro atoms. The van der Waals surface area contributed by atoms with E-state index in [1.54, 1.807) is 0 Å². The lowest BCUT2D eigenvalue weighted by Crippen LogP contribution is -2.40. The number of aliphatic hydroxyl groups excluding tert-OH is 2. The molecule has 6 nitrogen and oxygen atoms in total. The SMILES string of the molecule is CC(O)C[N+](C)(C)C.CCC[N+](C)(C)C.C[N+](C)(C)CCO.C[N+](C)(C)Cc1ccccc1. The van der Waals surface area contributed by atoms with Crippen LogP contribution in [0.25, 0.3) is 0 Å². The van der Waals surface area contributed by atoms with Gasteiger partial charge < -0.3 is 28.1 Å². The first kappa shape index (κ1) is 36.5. The van der Waals surface area contributed by atoms with Crippen LogP contribution in [0.5, 0.6) is 0 Å². The minimum absolute atomic E-state index is 0.185. The number of hydrogen-bond acceptors (Lipinski definition) is 2. The Labute approximate surface area is 208 Å². The highest BCUT2D eigenvalue weighted by molar-refractivity contribution is 5.13. The van der Waals surface area contributed by atoms with Gasteiger partial charge in [-0.05, 0) is 13.3 Å². The molecule has 6 heteroatoms. The molecule has 0 bridgehead atoms. The fourth-order valence-electron chi connectivity index (χ4n) is 2.89. The zero-order valence-electron chi connectivity index (χ0n) is 24.9. The number of nitrogens with zero attached hydrogens (tertiary/aromatic N) is 4. The first-order valence-corrected chi connectivity index (χ1v) is 12.2. The number of quaternary nitrogens is 4. The van der Waals surface area contributed by atoms with Crippen LogP contribution < -0.4 is 0 Å². The van der Waals surface area contributed by atoms with Gasteiger partial charge >= 0.3 is 0 Å². The monoisotopic (exact) mass is 474 g/mol. The first-order chi connectivity index (χ1) is 14.6. The number of rotatable bonds is 8. The molecule has 1 aromatic carbocycles. The number of hydrogen-bond donors (Lipinski definition) is 2. The average molecular weight is 475 g/mol. The predicted molar refractivity (Wildman–Crippen MR) is 146 cm³/mol. The van der Waals surface area contributed by atoms with E-state index in [1.807, 2.05) is 6.92 Å². The van der Waals surface area contributed by atoms with Crippen molar-refractivity contribution in [3.8, 4) is 0 Å². The van der Waals surface area contributed by atoms with Crippen molar-refractivity contribution in [2.45, 2.75) is 32.9 Å². The number of aliphatic hydroxyl groups is 2. The quantitative estimate of drug-likeness (QED) is 0.569. The van der Waals surface area contributed by atoms with Crippen molar-refractivity contribution in [1.29, 1.82) is 0 Å². The van der Waals surface area contributed by atoms with Gasteiger partial charge in [-0.15, -0.1) is 0 Å². The normalized spacial score (nSPS) is 12.8. The van der Waals surface area contributed by atoms with Gasteiger partial charge in [0.05, 0.1) is 97.7 Å². The lowest BCUT2D eigenvalue weighted by molar-refractivity contribution is -0.884. The molecule has 198 valence electrons. The van der Waals surface area contributed by atoms with Crippen LogP contribution >= 0.6 is 0 Å². The third kappa shape index (κ3) is 41.7. The Balaban J connectivity index is -0.000000372. The van der Waals surface area contributed by atoms with E-state index in [2.05, 4.69) is 122 Å². The number of benzene rings is 1. The molecule has 0 fully saturated rings. The van der Waals surface area contributed by atoms with Gasteiger partial charge in [0.1, 0.15) is 25.7 Å². The van der Waals surface area contributed by atoms with Gasteiger partial charge in [-0.3, -0.25) is 0 Å². The molecule has 1 atom stereocenters. The van der Waals surface area contributed by atoms with Crippen LogP contribution in [0.1, 0.15) is 25.8 Å². The van der Waals surface area contributed by atoms with Crippen molar-refractivity contribution in [1.82, 2.24) is 0 Å². The maximum Gasteiger partial charge on any atom is 0.104 e. The zero-order valence-corrected chi connectivity index (χ0v) is 24.9. The van der Waals surface area contributed by atoms with Crippen molar-refractivity contribution in [3.63, 3.8) is 0 Å². The standard InChI is InChI=1S/C10H16N.C6H16NO.C6H16N.C5H14NO/c1-11(2,3)9-10-7-5-4-6-8-10;1-6(8)5-7(2,3)4;1-5-6-7(2,3)4;1-6(2,3)4-5-7/h4-8H,9H2,1-3H3;6,8H,5H2,1-4H3;5-6H2,1-4H3;7H,4-5H2,1-3H3/q4*+1. The lowest BCUT2D eigenvalue weighted by Gasteiger charge is -2.24. The summed E-state index contributed by atoms with van der Waals surface area (Å²) in [5, 5.41) is 17.3. The molecule has 0 amide bonds. The molecule has 0 saturated heterocycles. The summed E-state index contributed by atoms with van der Waals surface area (Å²) in [6.45, 7) is 8.33. The Morgan fingerprint density at radius 2 is 1.09 bits per heavy atom. The second-order valence-corrected chi connectivity index (χ2v) is 13.0. The Bertz CT molecular complexity index is 533. The summed E-state index contributed by atoms with van der Waals surface area (Å²) in [7, 11) is 25.6. The minimum Gasteiger partial charge on any atom is -0.391 e. The molecule has 0 aliphatic rings. The highest BCUT2D eigenvalue weighted by Crippen LogP contribution is 2.05. The van der Waals surface area contributed by atoms with Crippen molar-refractivity contribution in [2.24, 2.45) is 0 Å². The summed E-state index contributed by atoms with van der Waals surface area (Å²) in [5.41, 5.74) is 1.40. The van der Waals surface area contributed by atoms with Crippen LogP contribution in [0.2, 0.25) is 0 Å². The molecule has 1 rings (SSSR count). The van der Waals surface area contributed by atoms with Crippen molar-refractivity contribution in [2.75, 3.05) is 111 Å². The highest BCUT2D eigenvalue weighted by Gasteiger charge is 2.09. The first-order valence-electron chi connectivity index (χ1n) is 12.2. The van der Waals surface area contributed by atoms with Crippen LogP contribution in [0.3, 0.4) is 0 Å². The zero-order chi connectivity index (χ0) is 26.9. The third-order valence-corrected chi connectivity index (χ3v) is 3.98. The molecule has 0 saturated carbocycles. The summed E-state index contributed by atoms with van der Waals surface area (Å²) in [4.78, 5) is 0. The number of likely N-dealkylation sites (N-methyl/N-ethyl adjacent to an activating group) is 2. The average Bonchev–Trinajstić information content (AvgIpc) is 2.51. The maximum atomic E-state index is 8.87. The molecular weight excluding hydrogens is 412 g/mol. The van der Waals surface area contributed by atoms with Crippen LogP contribution in [0.4, 0.5) is 0 Å². The molecule has 1 unspecified atom stereocenters. The maximum absolute atomic E-state index is 8.87. The Kier molecular flexibility index (Phi) is 19.3. The van der Waals surface area contributed by atoms with Crippen molar-refractivity contribution in [3.05, 3.63) is 35.9 Å². The molecule has 0 radical (unpaired) electrons. The van der Waals surface area contributed by atoms with Crippen LogP contribution in [0.15, 0.2) is 30.3 Å². The van der Waals surface area contributed by atoms with Crippen LogP contribution in [-0.4, -0.2) is 145 Å². The van der Waals surface area contributed by atoms with Gasteiger partial charge in [-0.1, -0.05) is 37.3 Å². The predicted octanol–water partition coefficient (Wildman–Crippen LogP) is 2.75. The van der Waals surface area contributed by atoms with Crippen molar-refractivity contribution >= 4 is 0 Å². The summed E-state index contributed by atoms with van der Waals surface area (Å²) in [6.07, 6.45) is 1.10. The van der Waals surface area contributed by atoms with E-state index in [0.717, 1.165) is 37.6 Å². The topological polar surface area (TPSA) is 40.5 Å². The smallest absolute Gasteiger partial charge is 0.104 e. The fraction of sp³-hybridized carbons (Fsp3) is 0.778. The van der Waals surface area contributed by atoms with Gasteiger partial charge in [0.15, 0.2) is 0 Å². The molecular formula is C27H62N4O2+4. The van der Waals surface area contributed by atoms with E-state index in [9.17, 15) is 0 Å². The van der Waals surface area contributed by atoms with Crippen molar-refractivity contribution < 1.29 is 28.1 Å². The summed E-state index contributed by atoms with van der Waals surface area (Å²) in [6, 6.07) is 10.6. The van der Waals surface area contributed by atoms with E-state index in [1.165, 1.54) is 18.5 Å². The third-order valence-electron chi connectivity index (χ3n) is 3.98. The van der Waals surface area contributed by atoms with Gasteiger partial charge in [0.25, 0.3) is 0 Å². The summed E-state index contributed by atoms with van der Waals surface area (Å²) >= 11 is 0. The van der Waals surface area contributed by atoms with E-state index >= 15 is 0 Å². The fourth-order valence-corrected chi connectivity index (χ4v) is 2.89. The van der Waals surface area contributed by atoms with E-state index in [0.29, 0.717) is 0 Å². The Morgan fingerprint density at radius 3 is 1.24 bits per heavy atom. The molecule has 33 heavy (non-hydrogen) atoms. The molecule has 0 aromatic heterocycles. The van der Waals surface area contributed by atoms with E-state index in [-0.39, 0.29) is 12.7 Å². The van der Waals surface area contributed by atoms with Gasteiger partial charge in [0, 0.05) is 5.56 Å².